The first-order chi connectivity index (χ1) is 19.2. The van der Waals surface area contributed by atoms with Gasteiger partial charge in [-0.05, 0) is 80.6 Å². The average Bonchev–Trinajstić information content (AvgIpc) is 3.73. The summed E-state index contributed by atoms with van der Waals surface area (Å²) >= 11 is 0. The molecule has 0 unspecified atom stereocenters. The molecule has 2 fully saturated rings. The molecule has 2 aliphatic rings. The predicted octanol–water partition coefficient (Wildman–Crippen LogP) is 5.73. The summed E-state index contributed by atoms with van der Waals surface area (Å²) in [6, 6.07) is 12.8. The molecule has 0 bridgehead atoms. The lowest BCUT2D eigenvalue weighted by atomic mass is 9.96. The fourth-order valence-electron chi connectivity index (χ4n) is 5.38. The summed E-state index contributed by atoms with van der Waals surface area (Å²) in [6.45, 7) is 2.84. The lowest BCUT2D eigenvalue weighted by Gasteiger charge is -2.32. The average molecular weight is 550 g/mol. The van der Waals surface area contributed by atoms with E-state index in [0.29, 0.717) is 30.4 Å². The zero-order valence-corrected chi connectivity index (χ0v) is 21.9. The fourth-order valence-corrected chi connectivity index (χ4v) is 5.38. The molecule has 10 heteroatoms. The fraction of sp³-hybridized carbons (Fsp3) is 0.367. The van der Waals surface area contributed by atoms with Gasteiger partial charge in [0.1, 0.15) is 0 Å². The molecule has 0 atom stereocenters. The Labute approximate surface area is 229 Å². The van der Waals surface area contributed by atoms with Crippen LogP contribution >= 0.6 is 0 Å². The second-order valence-electron chi connectivity index (χ2n) is 10.9. The Morgan fingerprint density at radius 2 is 1.73 bits per heavy atom. The number of aromatic amines is 1. The summed E-state index contributed by atoms with van der Waals surface area (Å²) in [5.41, 5.74) is 2.32. The Bertz CT molecular complexity index is 1550. The van der Waals surface area contributed by atoms with Crippen molar-refractivity contribution in [1.82, 2.24) is 20.2 Å². The van der Waals surface area contributed by atoms with Crippen LogP contribution in [0.3, 0.4) is 0 Å². The number of nitrogens with one attached hydrogen (secondary N) is 3. The highest BCUT2D eigenvalue weighted by molar-refractivity contribution is 6.13. The predicted molar refractivity (Wildman–Crippen MR) is 147 cm³/mol. The van der Waals surface area contributed by atoms with Crippen molar-refractivity contribution in [3.63, 3.8) is 0 Å². The number of hydrogen-bond acceptors (Lipinski definition) is 4. The van der Waals surface area contributed by atoms with Crippen LogP contribution in [0.2, 0.25) is 0 Å². The topological polar surface area (TPSA) is 90.1 Å². The van der Waals surface area contributed by atoms with Gasteiger partial charge in [-0.1, -0.05) is 18.2 Å². The van der Waals surface area contributed by atoms with Crippen LogP contribution in [0, 0.1) is 11.8 Å². The van der Waals surface area contributed by atoms with Crippen molar-refractivity contribution in [3.05, 3.63) is 71.4 Å². The number of amides is 2. The number of benzene rings is 2. The first-order valence-corrected chi connectivity index (χ1v) is 13.6. The van der Waals surface area contributed by atoms with Gasteiger partial charge in [-0.3, -0.25) is 14.5 Å². The Kier molecular flexibility index (Phi) is 6.95. The maximum absolute atomic E-state index is 13.0. The van der Waals surface area contributed by atoms with Crippen molar-refractivity contribution < 1.29 is 22.8 Å². The van der Waals surface area contributed by atoms with Crippen LogP contribution in [-0.2, 0) is 17.5 Å². The number of aromatic nitrogens is 2. The van der Waals surface area contributed by atoms with Gasteiger partial charge >= 0.3 is 6.18 Å². The van der Waals surface area contributed by atoms with Gasteiger partial charge in [-0.15, -0.1) is 0 Å². The minimum absolute atomic E-state index is 0.0101. The molecule has 1 aliphatic heterocycles. The maximum atomic E-state index is 13.0. The molecule has 3 N–H and O–H groups in total. The molecule has 208 valence electrons. The van der Waals surface area contributed by atoms with Crippen molar-refractivity contribution in [2.24, 2.45) is 11.8 Å². The maximum Gasteiger partial charge on any atom is 0.416 e. The first kappa shape index (κ1) is 26.3. The number of likely N-dealkylation sites (tertiary alicyclic amines) is 1. The molecule has 1 saturated heterocycles. The van der Waals surface area contributed by atoms with Crippen LogP contribution in [0.4, 0.5) is 19.0 Å². The summed E-state index contributed by atoms with van der Waals surface area (Å²) in [5, 5.41) is 7.87. The van der Waals surface area contributed by atoms with Crippen molar-refractivity contribution in [3.8, 4) is 0 Å². The van der Waals surface area contributed by atoms with E-state index in [1.54, 1.807) is 24.4 Å². The Hall–Kier alpha value is -3.92. The Morgan fingerprint density at radius 3 is 2.42 bits per heavy atom. The smallest absolute Gasteiger partial charge is 0.352 e. The second kappa shape index (κ2) is 10.6. The molecule has 0 radical (unpaired) electrons. The van der Waals surface area contributed by atoms with E-state index in [0.717, 1.165) is 78.3 Å². The number of carbonyl (C=O) groups excluding carboxylic acids is 2. The van der Waals surface area contributed by atoms with E-state index in [1.807, 2.05) is 18.2 Å². The number of piperidine rings is 1. The number of alkyl halides is 3. The van der Waals surface area contributed by atoms with Gasteiger partial charge in [-0.2, -0.15) is 13.2 Å². The summed E-state index contributed by atoms with van der Waals surface area (Å²) in [4.78, 5) is 35.1. The van der Waals surface area contributed by atoms with Gasteiger partial charge in [0.15, 0.2) is 5.82 Å². The molecule has 6 rings (SSSR count). The standard InChI is InChI=1S/C30H30F3N5O2/c31-30(32,33)22-6-1-19(2-7-22)17-38-13-10-18(11-14-38)16-35-28(39)21-5-8-23-24-9-12-34-27(26(24)36-25(23)15-21)37-29(40)20-3-4-20/h1-2,5-9,12,15,18,20,36H,3-4,10-11,13-14,16-17H2,(H,35,39)(H,34,37,40). The summed E-state index contributed by atoms with van der Waals surface area (Å²) in [5.74, 6) is 0.759. The molecule has 3 heterocycles. The number of hydrogen-bond donors (Lipinski definition) is 3. The zero-order chi connectivity index (χ0) is 27.9. The molecule has 0 spiro atoms. The third kappa shape index (κ3) is 5.67. The molecule has 1 aliphatic carbocycles. The van der Waals surface area contributed by atoms with E-state index < -0.39 is 11.7 Å². The number of carbonyl (C=O) groups is 2. The molecule has 1 saturated carbocycles. The van der Waals surface area contributed by atoms with Crippen LogP contribution in [0.5, 0.6) is 0 Å². The van der Waals surface area contributed by atoms with Gasteiger partial charge < -0.3 is 15.6 Å². The van der Waals surface area contributed by atoms with E-state index in [4.69, 9.17) is 0 Å². The summed E-state index contributed by atoms with van der Waals surface area (Å²) < 4.78 is 38.4. The van der Waals surface area contributed by atoms with Crippen LogP contribution in [-0.4, -0.2) is 46.3 Å². The molecule has 40 heavy (non-hydrogen) atoms. The number of anilines is 1. The molecule has 2 aromatic carbocycles. The van der Waals surface area contributed by atoms with Gasteiger partial charge in [-0.25, -0.2) is 4.98 Å². The molecular weight excluding hydrogens is 519 g/mol. The molecule has 7 nitrogen and oxygen atoms in total. The summed E-state index contributed by atoms with van der Waals surface area (Å²) in [7, 11) is 0. The largest absolute Gasteiger partial charge is 0.416 e. The van der Waals surface area contributed by atoms with Crippen LogP contribution in [0.15, 0.2) is 54.7 Å². The number of rotatable bonds is 7. The van der Waals surface area contributed by atoms with Crippen LogP contribution in [0.1, 0.15) is 47.2 Å². The van der Waals surface area contributed by atoms with Gasteiger partial charge in [0.25, 0.3) is 5.91 Å². The van der Waals surface area contributed by atoms with E-state index >= 15 is 0 Å². The van der Waals surface area contributed by atoms with E-state index in [2.05, 4.69) is 25.5 Å². The Morgan fingerprint density at radius 1 is 0.975 bits per heavy atom. The number of halogens is 3. The third-order valence-corrected chi connectivity index (χ3v) is 7.92. The van der Waals surface area contributed by atoms with Gasteiger partial charge in [0.2, 0.25) is 5.91 Å². The third-order valence-electron chi connectivity index (χ3n) is 7.92. The van der Waals surface area contributed by atoms with Crippen molar-refractivity contribution in [1.29, 1.82) is 0 Å². The number of H-pyrrole nitrogens is 1. The van der Waals surface area contributed by atoms with Crippen LogP contribution < -0.4 is 10.6 Å². The first-order valence-electron chi connectivity index (χ1n) is 13.6. The lowest BCUT2D eigenvalue weighted by molar-refractivity contribution is -0.137. The second-order valence-corrected chi connectivity index (χ2v) is 10.9. The molecule has 2 amide bonds. The van der Waals surface area contributed by atoms with Crippen LogP contribution in [0.25, 0.3) is 21.8 Å². The van der Waals surface area contributed by atoms with E-state index in [-0.39, 0.29) is 17.7 Å². The Balaban J connectivity index is 1.03. The van der Waals surface area contributed by atoms with Crippen molar-refractivity contribution in [2.75, 3.05) is 25.0 Å². The van der Waals surface area contributed by atoms with Gasteiger partial charge in [0.05, 0.1) is 11.1 Å². The highest BCUT2D eigenvalue weighted by atomic mass is 19.4. The van der Waals surface area contributed by atoms with Crippen molar-refractivity contribution in [2.45, 2.75) is 38.4 Å². The monoisotopic (exact) mass is 549 g/mol. The zero-order valence-electron chi connectivity index (χ0n) is 21.9. The number of pyridine rings is 1. The molecular formula is C30H30F3N5O2. The quantitative estimate of drug-likeness (QED) is 0.275. The van der Waals surface area contributed by atoms with E-state index in [9.17, 15) is 22.8 Å². The lowest BCUT2D eigenvalue weighted by Crippen LogP contribution is -2.38. The minimum Gasteiger partial charge on any atom is -0.352 e. The highest BCUT2D eigenvalue weighted by Gasteiger charge is 2.31. The van der Waals surface area contributed by atoms with Gasteiger partial charge in [0, 0.05) is 47.1 Å². The normalized spacial score (nSPS) is 16.9. The minimum atomic E-state index is -4.32. The number of fused-ring (bicyclic) bond motifs is 3. The molecule has 4 aromatic rings. The molecule has 2 aromatic heterocycles. The number of nitrogens with zero attached hydrogens (tertiary/aromatic N) is 2. The SMILES string of the molecule is O=C(NCC1CCN(Cc2ccc(C(F)(F)F)cc2)CC1)c1ccc2c(c1)[nH]c1c(NC(=O)C3CC3)nccc12. The van der Waals surface area contributed by atoms with E-state index in [1.165, 1.54) is 0 Å². The van der Waals surface area contributed by atoms with Crippen molar-refractivity contribution >= 4 is 39.4 Å². The summed E-state index contributed by atoms with van der Waals surface area (Å²) in [6.07, 6.45) is 0.990. The highest BCUT2D eigenvalue weighted by Crippen LogP contribution is 2.33.